The van der Waals surface area contributed by atoms with Gasteiger partial charge in [-0.25, -0.2) is 0 Å². The molecular formula is C14H32O2S2Si2. The lowest BCUT2D eigenvalue weighted by molar-refractivity contribution is 0.328. The molecule has 0 saturated carbocycles. The fourth-order valence-corrected chi connectivity index (χ4v) is 16.4. The Morgan fingerprint density at radius 3 is 1.40 bits per heavy atom. The maximum Gasteiger partial charge on any atom is 0.186 e. The Hall–Kier alpha value is 1.05. The predicted molar refractivity (Wildman–Crippen MR) is 99.4 cm³/mol. The molecular weight excluding hydrogens is 320 g/mol. The smallest absolute Gasteiger partial charge is 0.186 e. The van der Waals surface area contributed by atoms with Crippen LogP contribution in [0.15, 0.2) is 0 Å². The molecule has 0 aromatic carbocycles. The van der Waals surface area contributed by atoms with E-state index in [9.17, 15) is 0 Å². The minimum Gasteiger partial charge on any atom is -0.418 e. The highest BCUT2D eigenvalue weighted by Crippen LogP contribution is 2.54. The molecule has 0 N–H and O–H groups in total. The molecule has 2 aliphatic rings. The third kappa shape index (κ3) is 4.52. The van der Waals surface area contributed by atoms with Gasteiger partial charge in [-0.2, -0.15) is 0 Å². The van der Waals surface area contributed by atoms with E-state index < -0.39 is 16.6 Å². The summed E-state index contributed by atoms with van der Waals surface area (Å²) in [4.78, 5) is 0. The van der Waals surface area contributed by atoms with E-state index in [1.165, 1.54) is 24.9 Å². The van der Waals surface area contributed by atoms with E-state index in [-0.39, 0.29) is 0 Å². The monoisotopic (exact) mass is 352 g/mol. The molecule has 2 nitrogen and oxygen atoms in total. The van der Waals surface area contributed by atoms with Crippen molar-refractivity contribution in [3.8, 4) is 0 Å². The molecule has 0 aliphatic carbocycles. The number of rotatable bonds is 10. The van der Waals surface area contributed by atoms with Gasteiger partial charge in [0.1, 0.15) is 0 Å². The second-order valence-corrected chi connectivity index (χ2v) is 22.1. The summed E-state index contributed by atoms with van der Waals surface area (Å²) >= 11 is 0. The van der Waals surface area contributed by atoms with Crippen LogP contribution in [-0.2, 0) is 27.8 Å². The number of hydrogen-bond acceptors (Lipinski definition) is 2. The zero-order chi connectivity index (χ0) is 15.0. The summed E-state index contributed by atoms with van der Waals surface area (Å²) in [5.74, 6) is 0. The summed E-state index contributed by atoms with van der Waals surface area (Å²) in [6, 6.07) is 2.76. The van der Waals surface area contributed by atoms with Crippen molar-refractivity contribution >= 4 is 35.5 Å². The molecule has 0 aromatic heterocycles. The molecule has 2 rings (SSSR count). The van der Waals surface area contributed by atoms with Gasteiger partial charge in [0.2, 0.25) is 0 Å². The van der Waals surface area contributed by atoms with Crippen molar-refractivity contribution in [1.82, 2.24) is 0 Å². The van der Waals surface area contributed by atoms with Crippen molar-refractivity contribution < 1.29 is 8.85 Å². The highest BCUT2D eigenvalue weighted by Gasteiger charge is 2.57. The van der Waals surface area contributed by atoms with E-state index in [0.717, 1.165) is 41.3 Å². The molecule has 0 saturated heterocycles. The highest BCUT2D eigenvalue weighted by molar-refractivity contribution is 8.76. The summed E-state index contributed by atoms with van der Waals surface area (Å²) < 4.78 is 14.1. The Kier molecular flexibility index (Phi) is 5.80. The van der Waals surface area contributed by atoms with Crippen LogP contribution in [0.1, 0.15) is 26.7 Å². The largest absolute Gasteiger partial charge is 0.418 e. The zero-order valence-corrected chi connectivity index (χ0v) is 17.7. The van der Waals surface area contributed by atoms with Gasteiger partial charge in [0.25, 0.3) is 0 Å². The van der Waals surface area contributed by atoms with Crippen LogP contribution in [0.4, 0.5) is 0 Å². The molecule has 0 fully saturated rings. The first kappa shape index (κ1) is 17.4. The van der Waals surface area contributed by atoms with Gasteiger partial charge in [0.05, 0.1) is 9.16 Å². The Morgan fingerprint density at radius 1 is 0.750 bits per heavy atom. The van der Waals surface area contributed by atoms with E-state index in [2.05, 4.69) is 40.0 Å². The third-order valence-electron chi connectivity index (χ3n) is 4.22. The summed E-state index contributed by atoms with van der Waals surface area (Å²) in [6.45, 7) is 15.6. The standard InChI is InChI=1S/C14H32O2S2Si2/c1-7-15-19(3,4)11-9-13-17-14(18(13)17)10-12-20(5,6)16-8-2/h13-14H,7-12H2,1-6H3. The molecule has 2 aliphatic heterocycles. The van der Waals surface area contributed by atoms with Crippen molar-refractivity contribution in [1.29, 1.82) is 0 Å². The van der Waals surface area contributed by atoms with E-state index in [1.54, 1.807) is 0 Å². The second kappa shape index (κ2) is 6.66. The van der Waals surface area contributed by atoms with Crippen molar-refractivity contribution in [3.63, 3.8) is 0 Å². The summed E-state index contributed by atoms with van der Waals surface area (Å²) in [5.41, 5.74) is 0. The first-order valence-corrected chi connectivity index (χ1v) is 17.5. The highest BCUT2D eigenvalue weighted by atomic mass is 33.0. The van der Waals surface area contributed by atoms with Gasteiger partial charge in [-0.05, 0) is 65.0 Å². The quantitative estimate of drug-likeness (QED) is 0.552. The van der Waals surface area contributed by atoms with Crippen LogP contribution in [0.25, 0.3) is 0 Å². The van der Waals surface area contributed by atoms with Gasteiger partial charge in [-0.3, -0.25) is 0 Å². The van der Waals surface area contributed by atoms with Crippen molar-refractivity contribution in [2.75, 3.05) is 13.2 Å². The van der Waals surface area contributed by atoms with E-state index >= 15 is 0 Å². The second-order valence-electron chi connectivity index (χ2n) is 6.98. The summed E-state index contributed by atoms with van der Waals surface area (Å²) in [7, 11) is -0.913. The minimum absolute atomic E-state index is 0.864. The summed E-state index contributed by atoms with van der Waals surface area (Å²) in [5, 5.41) is 0. The normalized spacial score (nSPS) is 32.1. The van der Waals surface area contributed by atoms with Crippen LogP contribution in [0.3, 0.4) is 0 Å². The van der Waals surface area contributed by atoms with Gasteiger partial charge < -0.3 is 8.85 Å². The average molecular weight is 353 g/mol. The SMILES string of the molecule is CCO[Si](C)(C)CCC1S2=S1C2CC[Si](C)(C)OCC. The number of hydrogen-bond donors (Lipinski definition) is 0. The van der Waals surface area contributed by atoms with Crippen LogP contribution >= 0.6 is 0 Å². The lowest BCUT2D eigenvalue weighted by Crippen LogP contribution is -2.33. The Labute approximate surface area is 131 Å². The Balaban J connectivity index is 1.57. The lowest BCUT2D eigenvalue weighted by atomic mass is 10.5. The molecule has 0 radical (unpaired) electrons. The lowest BCUT2D eigenvalue weighted by Gasteiger charge is -2.25. The summed E-state index contributed by atoms with van der Waals surface area (Å²) in [6.07, 6.45) is 2.93. The third-order valence-corrected chi connectivity index (χ3v) is 17.4. The topological polar surface area (TPSA) is 18.5 Å². The predicted octanol–water partition coefficient (Wildman–Crippen LogP) is 4.08. The van der Waals surface area contributed by atoms with Gasteiger partial charge >= 0.3 is 0 Å². The molecule has 120 valence electrons. The van der Waals surface area contributed by atoms with E-state index in [4.69, 9.17) is 8.85 Å². The zero-order valence-electron chi connectivity index (χ0n) is 14.0. The van der Waals surface area contributed by atoms with E-state index in [0.29, 0.717) is 0 Å². The van der Waals surface area contributed by atoms with Gasteiger partial charge in [0.15, 0.2) is 16.6 Å². The molecule has 0 bridgehead atoms. The molecule has 2 heterocycles. The van der Waals surface area contributed by atoms with Gasteiger partial charge in [0, 0.05) is 13.2 Å². The van der Waals surface area contributed by atoms with Crippen LogP contribution in [0, 0.1) is 0 Å². The molecule has 6 heteroatoms. The molecule has 0 spiro atoms. The van der Waals surface area contributed by atoms with Crippen LogP contribution < -0.4 is 0 Å². The first-order valence-electron chi connectivity index (χ1n) is 8.03. The van der Waals surface area contributed by atoms with Gasteiger partial charge in [-0.1, -0.05) is 0 Å². The fourth-order valence-electron chi connectivity index (χ4n) is 3.00. The maximum absolute atomic E-state index is 5.94. The molecule has 0 amide bonds. The maximum atomic E-state index is 5.94. The average Bonchev–Trinajstić information content (AvgIpc) is 3.17. The Bertz CT molecular complexity index is 349. The first-order chi connectivity index (χ1) is 9.31. The van der Waals surface area contributed by atoms with Crippen molar-refractivity contribution in [3.05, 3.63) is 0 Å². The molecule has 0 unspecified atom stereocenters. The fraction of sp³-hybridized carbons (Fsp3) is 1.00. The van der Waals surface area contributed by atoms with Crippen molar-refractivity contribution in [2.45, 2.75) is 74.1 Å². The molecule has 0 aromatic rings. The Morgan fingerprint density at radius 2 is 1.10 bits per heavy atom. The minimum atomic E-state index is -1.32. The van der Waals surface area contributed by atoms with Gasteiger partial charge in [-0.15, -0.1) is 18.9 Å². The van der Waals surface area contributed by atoms with Crippen LogP contribution in [0.5, 0.6) is 0 Å². The molecule has 20 heavy (non-hydrogen) atoms. The van der Waals surface area contributed by atoms with Crippen LogP contribution in [0.2, 0.25) is 38.3 Å². The molecule has 0 atom stereocenters. The van der Waals surface area contributed by atoms with Crippen LogP contribution in [-0.4, -0.2) is 39.0 Å². The van der Waals surface area contributed by atoms with E-state index in [1.807, 2.05) is 0 Å². The van der Waals surface area contributed by atoms with Crippen molar-refractivity contribution in [2.24, 2.45) is 0 Å².